The van der Waals surface area contributed by atoms with Crippen LogP contribution in [0.2, 0.25) is 0 Å². The lowest BCUT2D eigenvalue weighted by atomic mass is 9.89. The van der Waals surface area contributed by atoms with Crippen molar-refractivity contribution in [1.29, 1.82) is 0 Å². The molecule has 1 N–H and O–H groups in total. The molecule has 256 valence electrons. The lowest BCUT2D eigenvalue weighted by Crippen LogP contribution is -2.58. The Labute approximate surface area is 290 Å². The maximum atomic E-state index is 13.1. The molecule has 14 heteroatoms. The van der Waals surface area contributed by atoms with E-state index >= 15 is 0 Å². The van der Waals surface area contributed by atoms with Crippen molar-refractivity contribution in [3.63, 3.8) is 0 Å². The Kier molecular flexibility index (Phi) is 9.98. The zero-order valence-corrected chi connectivity index (χ0v) is 29.6. The average Bonchev–Trinajstić information content (AvgIpc) is 3.00. The maximum Gasteiger partial charge on any atom is 0.471 e. The van der Waals surface area contributed by atoms with Gasteiger partial charge in [0.25, 0.3) is 5.56 Å². The van der Waals surface area contributed by atoms with E-state index in [9.17, 15) is 27.9 Å². The highest BCUT2D eigenvalue weighted by Gasteiger charge is 2.44. The van der Waals surface area contributed by atoms with Crippen molar-refractivity contribution < 1.29 is 32.5 Å². The smallest absolute Gasteiger partial charge is 0.471 e. The molecule has 0 radical (unpaired) electrons. The van der Waals surface area contributed by atoms with Crippen molar-refractivity contribution in [1.82, 2.24) is 14.4 Å². The average molecular weight is 789 g/mol. The van der Waals surface area contributed by atoms with E-state index in [0.29, 0.717) is 30.3 Å². The number of pyridine rings is 1. The quantitative estimate of drug-likeness (QED) is 0.208. The van der Waals surface area contributed by atoms with Crippen LogP contribution in [-0.4, -0.2) is 82.1 Å². The minimum atomic E-state index is -4.83. The fraction of sp³-hybridized carbons (Fsp3) is 0.576. The van der Waals surface area contributed by atoms with Crippen LogP contribution in [0.4, 0.5) is 18.9 Å². The van der Waals surface area contributed by atoms with Gasteiger partial charge in [-0.3, -0.25) is 14.5 Å². The Bertz CT molecular complexity index is 1570. The van der Waals surface area contributed by atoms with E-state index in [1.165, 1.54) is 11.9 Å². The summed E-state index contributed by atoms with van der Waals surface area (Å²) in [5.41, 5.74) is 2.71. The number of carbonyl (C=O) groups excluding carboxylic acids is 1. The summed E-state index contributed by atoms with van der Waals surface area (Å²) in [5, 5.41) is 12.8. The number of nitrogens with zero attached hydrogens (tertiary/aromatic N) is 4. The first-order valence-electron chi connectivity index (χ1n) is 16.0. The highest BCUT2D eigenvalue weighted by atomic mass is 127. The van der Waals surface area contributed by atoms with E-state index in [4.69, 9.17) is 9.47 Å². The number of benzene rings is 1. The van der Waals surface area contributed by atoms with Gasteiger partial charge in [-0.2, -0.15) is 13.2 Å². The number of carbonyl (C=O) groups is 1. The van der Waals surface area contributed by atoms with Crippen LogP contribution in [0.3, 0.4) is 0 Å². The van der Waals surface area contributed by atoms with Crippen molar-refractivity contribution in [3.05, 3.63) is 51.3 Å². The van der Waals surface area contributed by atoms with Crippen LogP contribution in [0, 0.1) is 0 Å². The Balaban J connectivity index is 1.07. The number of hydrogen-bond donors (Lipinski definition) is 1. The van der Waals surface area contributed by atoms with E-state index in [0.717, 1.165) is 65.9 Å². The molecule has 0 atom stereocenters. The molecular weight excluding hydrogens is 748 g/mol. The Morgan fingerprint density at radius 2 is 1.68 bits per heavy atom. The molecule has 4 aliphatic rings. The summed E-state index contributed by atoms with van der Waals surface area (Å²) in [7, 11) is 1.75. The van der Waals surface area contributed by atoms with Crippen molar-refractivity contribution in [2.24, 2.45) is 7.05 Å². The third-order valence-electron chi connectivity index (χ3n) is 9.62. The van der Waals surface area contributed by atoms with Crippen LogP contribution in [0.1, 0.15) is 63.5 Å². The van der Waals surface area contributed by atoms with Crippen molar-refractivity contribution >= 4 is 52.5 Å². The molecule has 3 fully saturated rings. The minimum absolute atomic E-state index is 0.0198. The number of anilines is 1. The van der Waals surface area contributed by atoms with Gasteiger partial charge in [0.1, 0.15) is 11.4 Å². The third kappa shape index (κ3) is 7.51. The van der Waals surface area contributed by atoms with Gasteiger partial charge in [-0.1, -0.05) is 6.07 Å². The van der Waals surface area contributed by atoms with Crippen molar-refractivity contribution in [3.8, 4) is 16.9 Å². The Hall–Kier alpha value is -2.27. The Morgan fingerprint density at radius 1 is 1.00 bits per heavy atom. The van der Waals surface area contributed by atoms with Gasteiger partial charge in [0.2, 0.25) is 0 Å². The van der Waals surface area contributed by atoms with E-state index in [1.807, 2.05) is 38.4 Å². The number of alkyl halides is 3. The molecule has 3 aliphatic heterocycles. The molecule has 1 aromatic carbocycles. The van der Waals surface area contributed by atoms with Gasteiger partial charge in [0.15, 0.2) is 0 Å². The summed E-state index contributed by atoms with van der Waals surface area (Å²) in [5.74, 6) is -1.04. The molecule has 6 rings (SSSR count). The minimum Gasteiger partial charge on any atom is -0.490 e. The number of likely N-dealkylation sites (tertiary alicyclic amines) is 2. The molecule has 2 aromatic rings. The maximum absolute atomic E-state index is 13.1. The Morgan fingerprint density at radius 3 is 2.32 bits per heavy atom. The standard InChI is InChI=1S/C33H40F3IN4O5S/c1-32(2,44)20-4-9-28(26(16-20)27-19-38(3)30(42)29-25(27)12-15-47-41(29)37)46-22-7-5-21(6-8-22)40-17-24(18-40)45-23-10-13-39(14-11-23)31(43)33(34,35)36/h4,9,12,15-16,19,21-24,44H,5-8,10-11,13-14,17-18H2,1-3H3. The van der Waals surface area contributed by atoms with E-state index in [-0.39, 0.29) is 37.0 Å². The number of hydrogen-bond acceptors (Lipinski definition) is 8. The summed E-state index contributed by atoms with van der Waals surface area (Å²) in [6, 6.07) is 6.21. The number of aryl methyl sites for hydroxylation is 1. The fourth-order valence-electron chi connectivity index (χ4n) is 6.92. The van der Waals surface area contributed by atoms with Crippen LogP contribution < -0.4 is 12.8 Å². The first-order valence-corrected chi connectivity index (χ1v) is 17.8. The van der Waals surface area contributed by atoms with Gasteiger partial charge >= 0.3 is 12.1 Å². The second-order valence-electron chi connectivity index (χ2n) is 13.4. The summed E-state index contributed by atoms with van der Waals surface area (Å²) in [6.07, 6.45) is 3.51. The number of rotatable bonds is 7. The summed E-state index contributed by atoms with van der Waals surface area (Å²) in [4.78, 5) is 27.9. The number of fused-ring (bicyclic) bond motifs is 1. The van der Waals surface area contributed by atoms with Crippen LogP contribution in [0.5, 0.6) is 5.75 Å². The normalized spacial score (nSPS) is 23.1. The molecule has 4 heterocycles. The topological polar surface area (TPSA) is 87.5 Å². The third-order valence-corrected chi connectivity index (χ3v) is 11.4. The van der Waals surface area contributed by atoms with Gasteiger partial charge in [-0.25, -0.2) is 2.52 Å². The van der Waals surface area contributed by atoms with Crippen molar-refractivity contribution in [2.75, 3.05) is 28.7 Å². The first kappa shape index (κ1) is 34.6. The summed E-state index contributed by atoms with van der Waals surface area (Å²) >= 11 is 3.58. The molecule has 1 amide bonds. The number of aliphatic hydroxyl groups is 1. The van der Waals surface area contributed by atoms with E-state index in [1.54, 1.807) is 25.5 Å². The highest BCUT2D eigenvalue weighted by Crippen LogP contribution is 2.43. The molecule has 0 unspecified atom stereocenters. The molecule has 2 saturated heterocycles. The van der Waals surface area contributed by atoms with Gasteiger partial charge in [-0.15, -0.1) is 0 Å². The first-order chi connectivity index (χ1) is 22.2. The molecule has 47 heavy (non-hydrogen) atoms. The molecule has 0 bridgehead atoms. The van der Waals surface area contributed by atoms with Gasteiger partial charge in [0.05, 0.1) is 46.8 Å². The number of halogens is 4. The van der Waals surface area contributed by atoms with Gasteiger partial charge < -0.3 is 24.0 Å². The molecule has 9 nitrogen and oxygen atoms in total. The predicted molar refractivity (Wildman–Crippen MR) is 184 cm³/mol. The number of ether oxygens (including phenoxy) is 2. The fourth-order valence-corrected chi connectivity index (χ4v) is 8.37. The van der Waals surface area contributed by atoms with Gasteiger partial charge in [-0.05, 0) is 93.5 Å². The van der Waals surface area contributed by atoms with Crippen molar-refractivity contribution in [2.45, 2.75) is 88.5 Å². The lowest BCUT2D eigenvalue weighted by molar-refractivity contribution is -0.189. The monoisotopic (exact) mass is 788 g/mol. The predicted octanol–water partition coefficient (Wildman–Crippen LogP) is 6.01. The zero-order chi connectivity index (χ0) is 33.7. The zero-order valence-electron chi connectivity index (χ0n) is 26.6. The van der Waals surface area contributed by atoms with E-state index < -0.39 is 17.7 Å². The molecule has 1 saturated carbocycles. The van der Waals surface area contributed by atoms with Crippen LogP contribution in [0.15, 0.2) is 34.6 Å². The number of piperidine rings is 1. The SMILES string of the molecule is Cn1cc(-c2cc(C(C)(C)O)ccc2OC2CCC(N3CC(OC4CCN(C(=O)C(F)(F)F)CC4)C3)CC2)c2c(c1=O)N(I)SC=C2. The molecule has 0 spiro atoms. The van der Waals surface area contributed by atoms with E-state index in [2.05, 4.69) is 27.8 Å². The highest BCUT2D eigenvalue weighted by molar-refractivity contribution is 14.1. The molecule has 1 aromatic heterocycles. The number of aromatic nitrogens is 1. The number of amides is 1. The largest absolute Gasteiger partial charge is 0.490 e. The molecule has 1 aliphatic carbocycles. The second-order valence-corrected chi connectivity index (χ2v) is 15.9. The summed E-state index contributed by atoms with van der Waals surface area (Å²) < 4.78 is 54.5. The van der Waals surface area contributed by atoms with Gasteiger partial charge in [0, 0.05) is 62.2 Å². The lowest BCUT2D eigenvalue weighted by Gasteiger charge is -2.47. The molecular formula is C33H40F3IN4O5S. The van der Waals surface area contributed by atoms with Crippen LogP contribution in [-0.2, 0) is 22.2 Å². The van der Waals surface area contributed by atoms with Crippen LogP contribution >= 0.6 is 34.8 Å². The second kappa shape index (κ2) is 13.6. The summed E-state index contributed by atoms with van der Waals surface area (Å²) in [6.45, 7) is 5.26. The van der Waals surface area contributed by atoms with Crippen LogP contribution in [0.25, 0.3) is 17.2 Å².